The number of rotatable bonds is 4. The van der Waals surface area contributed by atoms with Crippen LogP contribution in [0.5, 0.6) is 0 Å². The van der Waals surface area contributed by atoms with Gasteiger partial charge in [-0.05, 0) is 23.8 Å². The summed E-state index contributed by atoms with van der Waals surface area (Å²) >= 11 is 0. The maximum Gasteiger partial charge on any atom is 0.0777 e. The summed E-state index contributed by atoms with van der Waals surface area (Å²) in [6.45, 7) is 1.13. The van der Waals surface area contributed by atoms with Gasteiger partial charge in [-0.2, -0.15) is 0 Å². The molecule has 1 aromatic heterocycles. The monoisotopic (exact) mass is 264 g/mol. The van der Waals surface area contributed by atoms with E-state index in [2.05, 4.69) is 17.1 Å². The molecule has 2 N–H and O–H groups in total. The average molecular weight is 264 g/mol. The second-order valence-corrected chi connectivity index (χ2v) is 4.69. The quantitative estimate of drug-likeness (QED) is 0.733. The highest BCUT2D eigenvalue weighted by atomic mass is 16.5. The smallest absolute Gasteiger partial charge is 0.0777 e. The third kappa shape index (κ3) is 2.63. The summed E-state index contributed by atoms with van der Waals surface area (Å²) in [4.78, 5) is 4.41. The topological polar surface area (TPSA) is 48.1 Å². The molecule has 0 fully saturated rings. The van der Waals surface area contributed by atoms with Crippen molar-refractivity contribution in [3.8, 4) is 0 Å². The molecule has 0 saturated carbocycles. The van der Waals surface area contributed by atoms with Crippen molar-refractivity contribution >= 4 is 16.6 Å². The van der Waals surface area contributed by atoms with Gasteiger partial charge in [-0.25, -0.2) is 0 Å². The Morgan fingerprint density at radius 2 is 1.75 bits per heavy atom. The highest BCUT2D eigenvalue weighted by Crippen LogP contribution is 2.23. The van der Waals surface area contributed by atoms with E-state index in [1.54, 1.807) is 6.20 Å². The Bertz CT molecular complexity index is 711. The molecule has 3 heteroatoms. The van der Waals surface area contributed by atoms with E-state index in [1.807, 2.05) is 42.5 Å². The zero-order valence-corrected chi connectivity index (χ0v) is 11.1. The highest BCUT2D eigenvalue weighted by Gasteiger charge is 2.05. The fraction of sp³-hybridized carbons (Fsp3) is 0.118. The zero-order chi connectivity index (χ0) is 13.8. The molecular formula is C17H16N2O. The van der Waals surface area contributed by atoms with Gasteiger partial charge >= 0.3 is 0 Å². The molecule has 3 aromatic rings. The van der Waals surface area contributed by atoms with Crippen molar-refractivity contribution in [3.63, 3.8) is 0 Å². The molecule has 0 saturated heterocycles. The molecule has 1 heterocycles. The molecule has 100 valence electrons. The normalized spacial score (nSPS) is 10.8. The lowest BCUT2D eigenvalue weighted by Crippen LogP contribution is -1.98. The third-order valence-electron chi connectivity index (χ3n) is 3.26. The SMILES string of the molecule is Nc1ccc(COCc2ccccc2)c2ncccc12. The van der Waals surface area contributed by atoms with Crippen LogP contribution in [0, 0.1) is 0 Å². The van der Waals surface area contributed by atoms with E-state index < -0.39 is 0 Å². The Hall–Kier alpha value is -2.39. The van der Waals surface area contributed by atoms with Crippen molar-refractivity contribution in [1.82, 2.24) is 4.98 Å². The minimum Gasteiger partial charge on any atom is -0.398 e. The first-order valence-electron chi connectivity index (χ1n) is 6.58. The van der Waals surface area contributed by atoms with Gasteiger partial charge in [0.2, 0.25) is 0 Å². The number of nitrogens with two attached hydrogens (primary N) is 1. The second kappa shape index (κ2) is 5.72. The molecular weight excluding hydrogens is 248 g/mol. The van der Waals surface area contributed by atoms with Crippen molar-refractivity contribution in [3.05, 3.63) is 71.9 Å². The lowest BCUT2D eigenvalue weighted by Gasteiger charge is -2.09. The second-order valence-electron chi connectivity index (χ2n) is 4.69. The Morgan fingerprint density at radius 3 is 2.60 bits per heavy atom. The molecule has 0 spiro atoms. The number of nitrogen functional groups attached to an aromatic ring is 1. The van der Waals surface area contributed by atoms with Gasteiger partial charge in [-0.15, -0.1) is 0 Å². The molecule has 0 amide bonds. The maximum absolute atomic E-state index is 5.96. The van der Waals surface area contributed by atoms with Gasteiger partial charge in [-0.3, -0.25) is 4.98 Å². The van der Waals surface area contributed by atoms with E-state index in [4.69, 9.17) is 10.5 Å². The average Bonchev–Trinajstić information content (AvgIpc) is 2.51. The number of hydrogen-bond donors (Lipinski definition) is 1. The summed E-state index contributed by atoms with van der Waals surface area (Å²) < 4.78 is 5.77. The van der Waals surface area contributed by atoms with Gasteiger partial charge in [0.05, 0.1) is 18.7 Å². The first kappa shape index (κ1) is 12.6. The van der Waals surface area contributed by atoms with Crippen LogP contribution in [0.25, 0.3) is 10.9 Å². The fourth-order valence-electron chi connectivity index (χ4n) is 2.22. The van der Waals surface area contributed by atoms with E-state index in [0.29, 0.717) is 13.2 Å². The van der Waals surface area contributed by atoms with Crippen LogP contribution in [0.2, 0.25) is 0 Å². The number of pyridine rings is 1. The van der Waals surface area contributed by atoms with Crippen LogP contribution in [-0.4, -0.2) is 4.98 Å². The number of aromatic nitrogens is 1. The van der Waals surface area contributed by atoms with Crippen molar-refractivity contribution in [1.29, 1.82) is 0 Å². The number of benzene rings is 2. The van der Waals surface area contributed by atoms with E-state index >= 15 is 0 Å². The van der Waals surface area contributed by atoms with Crippen LogP contribution in [0.15, 0.2) is 60.8 Å². The number of anilines is 1. The summed E-state index contributed by atoms with van der Waals surface area (Å²) in [5, 5.41) is 0.980. The predicted molar refractivity (Wildman–Crippen MR) is 81.1 cm³/mol. The Balaban J connectivity index is 1.77. The Labute approximate surface area is 118 Å². The van der Waals surface area contributed by atoms with Gasteiger partial charge in [-0.1, -0.05) is 36.4 Å². The summed E-state index contributed by atoms with van der Waals surface area (Å²) in [6, 6.07) is 17.9. The molecule has 0 atom stereocenters. The molecule has 0 unspecified atom stereocenters. The number of hydrogen-bond acceptors (Lipinski definition) is 3. The lowest BCUT2D eigenvalue weighted by molar-refractivity contribution is 0.108. The highest BCUT2D eigenvalue weighted by molar-refractivity contribution is 5.92. The van der Waals surface area contributed by atoms with Crippen molar-refractivity contribution in [2.75, 3.05) is 5.73 Å². The Morgan fingerprint density at radius 1 is 0.900 bits per heavy atom. The van der Waals surface area contributed by atoms with Gasteiger partial charge < -0.3 is 10.5 Å². The van der Waals surface area contributed by atoms with Crippen LogP contribution in [-0.2, 0) is 18.0 Å². The summed E-state index contributed by atoms with van der Waals surface area (Å²) in [6.07, 6.45) is 1.78. The first-order chi connectivity index (χ1) is 9.84. The first-order valence-corrected chi connectivity index (χ1v) is 6.58. The molecule has 3 nitrogen and oxygen atoms in total. The molecule has 0 radical (unpaired) electrons. The maximum atomic E-state index is 5.96. The van der Waals surface area contributed by atoms with E-state index in [-0.39, 0.29) is 0 Å². The molecule has 3 rings (SSSR count). The van der Waals surface area contributed by atoms with Gasteiger partial charge in [0.25, 0.3) is 0 Å². The molecule has 0 bridgehead atoms. The van der Waals surface area contributed by atoms with Gasteiger partial charge in [0.15, 0.2) is 0 Å². The Kier molecular flexibility index (Phi) is 3.61. The van der Waals surface area contributed by atoms with Crippen LogP contribution >= 0.6 is 0 Å². The third-order valence-corrected chi connectivity index (χ3v) is 3.26. The van der Waals surface area contributed by atoms with Gasteiger partial charge in [0.1, 0.15) is 0 Å². The van der Waals surface area contributed by atoms with Crippen molar-refractivity contribution in [2.24, 2.45) is 0 Å². The fourth-order valence-corrected chi connectivity index (χ4v) is 2.22. The predicted octanol–water partition coefficient (Wildman–Crippen LogP) is 3.53. The summed E-state index contributed by atoms with van der Waals surface area (Å²) in [5.41, 5.74) is 9.86. The summed E-state index contributed by atoms with van der Waals surface area (Å²) in [5.74, 6) is 0. The minimum absolute atomic E-state index is 0.530. The molecule has 0 aliphatic carbocycles. The molecule has 20 heavy (non-hydrogen) atoms. The minimum atomic E-state index is 0.530. The van der Waals surface area contributed by atoms with E-state index in [0.717, 1.165) is 22.2 Å². The largest absolute Gasteiger partial charge is 0.398 e. The zero-order valence-electron chi connectivity index (χ0n) is 11.1. The molecule has 2 aromatic carbocycles. The summed E-state index contributed by atoms with van der Waals surface area (Å²) in [7, 11) is 0. The number of nitrogens with zero attached hydrogens (tertiary/aromatic N) is 1. The molecule has 0 aliphatic rings. The van der Waals surface area contributed by atoms with E-state index in [9.17, 15) is 0 Å². The lowest BCUT2D eigenvalue weighted by atomic mass is 10.1. The van der Waals surface area contributed by atoms with Crippen molar-refractivity contribution in [2.45, 2.75) is 13.2 Å². The van der Waals surface area contributed by atoms with Crippen LogP contribution in [0.1, 0.15) is 11.1 Å². The number of ether oxygens (including phenoxy) is 1. The number of fused-ring (bicyclic) bond motifs is 1. The standard InChI is InChI=1S/C17H16N2O/c18-16-9-8-14(17-15(16)7-4-10-19-17)12-20-11-13-5-2-1-3-6-13/h1-10H,11-12,18H2. The van der Waals surface area contributed by atoms with Crippen LogP contribution in [0.3, 0.4) is 0 Å². The van der Waals surface area contributed by atoms with E-state index in [1.165, 1.54) is 5.56 Å². The van der Waals surface area contributed by atoms with Crippen LogP contribution in [0.4, 0.5) is 5.69 Å². The van der Waals surface area contributed by atoms with Crippen LogP contribution < -0.4 is 5.73 Å². The molecule has 0 aliphatic heterocycles. The van der Waals surface area contributed by atoms with Crippen molar-refractivity contribution < 1.29 is 4.74 Å². The van der Waals surface area contributed by atoms with Gasteiger partial charge in [0, 0.05) is 22.8 Å².